The third-order valence-corrected chi connectivity index (χ3v) is 5.03. The van der Waals surface area contributed by atoms with E-state index in [-0.39, 0.29) is 22.9 Å². The van der Waals surface area contributed by atoms with Gasteiger partial charge < -0.3 is 15.3 Å². The number of allylic oxidation sites excluding steroid dienone is 2. The van der Waals surface area contributed by atoms with Gasteiger partial charge in [0.1, 0.15) is 5.75 Å². The van der Waals surface area contributed by atoms with Crippen molar-refractivity contribution in [2.24, 2.45) is 5.92 Å². The molecule has 1 atom stereocenters. The lowest BCUT2D eigenvalue weighted by atomic mass is 9.87. The minimum absolute atomic E-state index is 0.0572. The molecular formula is C26H21ClO5. The molecule has 1 aliphatic rings. The van der Waals surface area contributed by atoms with Crippen molar-refractivity contribution in [1.29, 1.82) is 0 Å². The predicted molar refractivity (Wildman–Crippen MR) is 123 cm³/mol. The first kappa shape index (κ1) is 23.2. The lowest BCUT2D eigenvalue weighted by Crippen LogP contribution is -2.40. The van der Waals surface area contributed by atoms with Crippen molar-refractivity contribution >= 4 is 23.2 Å². The molecule has 5 nitrogen and oxygen atoms in total. The monoisotopic (exact) mass is 448 g/mol. The Bertz CT molecular complexity index is 1150. The molecule has 0 amide bonds. The van der Waals surface area contributed by atoms with Crippen LogP contribution in [0.25, 0.3) is 0 Å². The second-order valence-corrected chi connectivity index (χ2v) is 7.53. The highest BCUT2D eigenvalue weighted by Crippen LogP contribution is 2.26. The van der Waals surface area contributed by atoms with Crippen LogP contribution in [0.1, 0.15) is 26.3 Å². The molecule has 32 heavy (non-hydrogen) atoms. The lowest BCUT2D eigenvalue weighted by molar-refractivity contribution is -0.136. The quantitative estimate of drug-likeness (QED) is 0.401. The molecule has 0 radical (unpaired) electrons. The summed E-state index contributed by atoms with van der Waals surface area (Å²) in [6.45, 7) is 0. The lowest BCUT2D eigenvalue weighted by Gasteiger charge is -2.27. The number of Topliss-reactive ketones (excluding diaryl/α,β-unsaturated/α-hetero) is 1. The number of carbonyl (C=O) groups excluding carboxylic acids is 2. The van der Waals surface area contributed by atoms with Gasteiger partial charge in [-0.15, -0.1) is 0 Å². The van der Waals surface area contributed by atoms with E-state index in [0.29, 0.717) is 16.1 Å². The van der Waals surface area contributed by atoms with Crippen LogP contribution in [0, 0.1) is 5.92 Å². The van der Waals surface area contributed by atoms with E-state index in [1.807, 2.05) is 6.07 Å². The molecule has 0 bridgehead atoms. The van der Waals surface area contributed by atoms with E-state index in [2.05, 4.69) is 0 Å². The number of aliphatic hydroxyl groups is 2. The summed E-state index contributed by atoms with van der Waals surface area (Å²) in [4.78, 5) is 24.0. The average Bonchev–Trinajstić information content (AvgIpc) is 2.81. The second-order valence-electron chi connectivity index (χ2n) is 7.09. The van der Waals surface area contributed by atoms with Crippen LogP contribution in [0.2, 0.25) is 5.02 Å². The van der Waals surface area contributed by atoms with Crippen molar-refractivity contribution in [3.63, 3.8) is 0 Å². The number of phenolic OH excluding ortho intramolecular Hbond substituents is 1. The van der Waals surface area contributed by atoms with Gasteiger partial charge in [-0.1, -0.05) is 90.5 Å². The summed E-state index contributed by atoms with van der Waals surface area (Å²) in [5.41, 5.74) is 1.22. The van der Waals surface area contributed by atoms with Crippen LogP contribution in [0.5, 0.6) is 5.75 Å². The molecule has 162 valence electrons. The van der Waals surface area contributed by atoms with Crippen molar-refractivity contribution < 1.29 is 24.9 Å². The van der Waals surface area contributed by atoms with Gasteiger partial charge in [-0.05, 0) is 24.3 Å². The van der Waals surface area contributed by atoms with E-state index in [1.165, 1.54) is 30.4 Å². The molecule has 0 aliphatic heterocycles. The predicted octanol–water partition coefficient (Wildman–Crippen LogP) is 4.57. The molecule has 0 saturated heterocycles. The number of phenols is 1. The Balaban J connectivity index is 0.000000181. The summed E-state index contributed by atoms with van der Waals surface area (Å²) in [5, 5.41) is 29.3. The molecule has 3 N–H and O–H groups in total. The minimum Gasteiger partial charge on any atom is -0.507 e. The number of carbonyl (C=O) groups is 2. The maximum Gasteiger partial charge on any atom is 0.196 e. The standard InChI is InChI=1S/C13H9ClO2.C13H12O3/c14-10-6-7-12(15)11(8-10)13(16)9-4-2-1-3-5-9;14-12(10-6-2-1-3-7-10)11-8-4-5-9-13(11,15)16/h1-8,15H;1-9,11,15-16H. The molecule has 6 heteroatoms. The van der Waals surface area contributed by atoms with Crippen LogP contribution in [0.3, 0.4) is 0 Å². The molecule has 4 rings (SSSR count). The molecule has 0 aromatic heterocycles. The highest BCUT2D eigenvalue weighted by Gasteiger charge is 2.37. The Morgan fingerprint density at radius 1 is 0.812 bits per heavy atom. The molecule has 3 aromatic rings. The average molecular weight is 449 g/mol. The van der Waals surface area contributed by atoms with E-state index in [4.69, 9.17) is 11.6 Å². The molecule has 0 saturated carbocycles. The van der Waals surface area contributed by atoms with E-state index in [9.17, 15) is 24.9 Å². The molecule has 0 fully saturated rings. The summed E-state index contributed by atoms with van der Waals surface area (Å²) in [5.74, 6) is -3.63. The number of halogens is 1. The van der Waals surface area contributed by atoms with Gasteiger partial charge in [-0.2, -0.15) is 0 Å². The Kier molecular flexibility index (Phi) is 7.38. The van der Waals surface area contributed by atoms with Crippen LogP contribution in [0.15, 0.2) is 103 Å². The number of hydrogen-bond donors (Lipinski definition) is 3. The van der Waals surface area contributed by atoms with E-state index >= 15 is 0 Å². The number of hydrogen-bond acceptors (Lipinski definition) is 5. The second kappa shape index (κ2) is 10.2. The fourth-order valence-corrected chi connectivity index (χ4v) is 3.29. The van der Waals surface area contributed by atoms with Crippen molar-refractivity contribution in [2.45, 2.75) is 5.79 Å². The Hall–Kier alpha value is -3.51. The fourth-order valence-electron chi connectivity index (χ4n) is 3.12. The maximum absolute atomic E-state index is 12.0. The maximum atomic E-state index is 12.0. The normalized spacial score (nSPS) is 16.0. The van der Waals surface area contributed by atoms with Crippen LogP contribution >= 0.6 is 11.6 Å². The third kappa shape index (κ3) is 5.59. The first-order valence-corrected chi connectivity index (χ1v) is 10.2. The topological polar surface area (TPSA) is 94.8 Å². The Labute approximate surface area is 190 Å². The number of ketones is 2. The number of rotatable bonds is 4. The summed E-state index contributed by atoms with van der Waals surface area (Å²) < 4.78 is 0. The van der Waals surface area contributed by atoms with Crippen molar-refractivity contribution in [1.82, 2.24) is 0 Å². The van der Waals surface area contributed by atoms with Gasteiger partial charge in [0.15, 0.2) is 17.4 Å². The molecule has 3 aromatic carbocycles. The van der Waals surface area contributed by atoms with Gasteiger partial charge in [0.05, 0.1) is 11.5 Å². The van der Waals surface area contributed by atoms with E-state index in [1.54, 1.807) is 66.7 Å². The van der Waals surface area contributed by atoms with Crippen LogP contribution in [-0.2, 0) is 0 Å². The van der Waals surface area contributed by atoms with Gasteiger partial charge in [-0.3, -0.25) is 9.59 Å². The van der Waals surface area contributed by atoms with Crippen molar-refractivity contribution in [2.75, 3.05) is 0 Å². The molecule has 0 heterocycles. The first-order chi connectivity index (χ1) is 15.3. The van der Waals surface area contributed by atoms with E-state index in [0.717, 1.165) is 0 Å². The third-order valence-electron chi connectivity index (χ3n) is 4.79. The Morgan fingerprint density at radius 3 is 2.00 bits per heavy atom. The number of aromatic hydroxyl groups is 1. The highest BCUT2D eigenvalue weighted by atomic mass is 35.5. The molecule has 1 aliphatic carbocycles. The van der Waals surface area contributed by atoms with Crippen LogP contribution < -0.4 is 0 Å². The highest BCUT2D eigenvalue weighted by molar-refractivity contribution is 6.31. The minimum atomic E-state index is -2.10. The molecule has 0 spiro atoms. The molecular weight excluding hydrogens is 428 g/mol. The molecule has 1 unspecified atom stereocenters. The van der Waals surface area contributed by atoms with Crippen LogP contribution in [0.4, 0.5) is 0 Å². The van der Waals surface area contributed by atoms with Gasteiger partial charge in [0.2, 0.25) is 0 Å². The van der Waals surface area contributed by atoms with Gasteiger partial charge >= 0.3 is 0 Å². The zero-order valence-electron chi connectivity index (χ0n) is 16.9. The zero-order valence-corrected chi connectivity index (χ0v) is 17.7. The smallest absolute Gasteiger partial charge is 0.196 e. The van der Waals surface area contributed by atoms with Gasteiger partial charge in [0.25, 0.3) is 0 Å². The summed E-state index contributed by atoms with van der Waals surface area (Å²) in [6, 6.07) is 21.8. The number of benzene rings is 3. The van der Waals surface area contributed by atoms with E-state index < -0.39 is 11.7 Å². The summed E-state index contributed by atoms with van der Waals surface area (Å²) >= 11 is 5.79. The summed E-state index contributed by atoms with van der Waals surface area (Å²) in [7, 11) is 0. The fraction of sp³-hybridized carbons (Fsp3) is 0.0769. The van der Waals surface area contributed by atoms with Gasteiger partial charge in [0, 0.05) is 16.1 Å². The largest absolute Gasteiger partial charge is 0.507 e. The zero-order chi connectivity index (χ0) is 23.1. The van der Waals surface area contributed by atoms with Crippen molar-refractivity contribution in [3.05, 3.63) is 125 Å². The summed E-state index contributed by atoms with van der Waals surface area (Å²) in [6.07, 6.45) is 5.85. The first-order valence-electron chi connectivity index (χ1n) is 9.78. The van der Waals surface area contributed by atoms with Gasteiger partial charge in [-0.25, -0.2) is 0 Å². The van der Waals surface area contributed by atoms with Crippen molar-refractivity contribution in [3.8, 4) is 5.75 Å². The Morgan fingerprint density at radius 2 is 1.41 bits per heavy atom. The SMILES string of the molecule is O=C(c1ccccc1)C1C=CC=CC1(O)O.O=C(c1ccccc1)c1cc(Cl)ccc1O. The van der Waals surface area contributed by atoms with Crippen LogP contribution in [-0.4, -0.2) is 32.7 Å².